The van der Waals surface area contributed by atoms with E-state index in [0.29, 0.717) is 36.8 Å². The Bertz CT molecular complexity index is 732. The molecule has 2 amide bonds. The summed E-state index contributed by atoms with van der Waals surface area (Å²) in [4.78, 5) is 27.9. The van der Waals surface area contributed by atoms with Crippen LogP contribution in [0.3, 0.4) is 0 Å². The standard InChI is InChI=1S/C20H29N5O3/c1-6-15-9-8-10-16(13-15)25-17(26)14-24-18(21-7-2)22-11-12-23-19(27)28-20(3,4)5/h1,8-10,13H,7,11-12,14H2,2-5H3,(H,23,27)(H,25,26)(H2,21,22,24). The fourth-order valence-electron chi connectivity index (χ4n) is 2.04. The number of carbonyl (C=O) groups excluding carboxylic acids is 2. The second kappa shape index (κ2) is 11.5. The first kappa shape index (κ1) is 22.8. The second-order valence-corrected chi connectivity index (χ2v) is 6.82. The molecule has 0 unspecified atom stereocenters. The maximum Gasteiger partial charge on any atom is 0.407 e. The number of anilines is 1. The van der Waals surface area contributed by atoms with E-state index in [1.54, 1.807) is 45.0 Å². The van der Waals surface area contributed by atoms with Crippen LogP contribution < -0.4 is 21.3 Å². The van der Waals surface area contributed by atoms with Crippen molar-refractivity contribution >= 4 is 23.6 Å². The molecule has 0 radical (unpaired) electrons. The van der Waals surface area contributed by atoms with Crippen LogP contribution in [0.1, 0.15) is 33.3 Å². The van der Waals surface area contributed by atoms with Crippen LogP contribution >= 0.6 is 0 Å². The Morgan fingerprint density at radius 2 is 1.89 bits per heavy atom. The molecule has 152 valence electrons. The Morgan fingerprint density at radius 1 is 1.18 bits per heavy atom. The van der Waals surface area contributed by atoms with Crippen LogP contribution in [0.15, 0.2) is 29.3 Å². The average molecular weight is 387 g/mol. The number of nitrogens with zero attached hydrogens (tertiary/aromatic N) is 1. The fraction of sp³-hybridized carbons (Fsp3) is 0.450. The van der Waals surface area contributed by atoms with Crippen molar-refractivity contribution in [3.8, 4) is 12.3 Å². The number of hydrogen-bond donors (Lipinski definition) is 4. The Morgan fingerprint density at radius 3 is 2.54 bits per heavy atom. The first-order valence-corrected chi connectivity index (χ1v) is 9.09. The summed E-state index contributed by atoms with van der Waals surface area (Å²) in [7, 11) is 0. The minimum atomic E-state index is -0.541. The van der Waals surface area contributed by atoms with E-state index in [1.165, 1.54) is 0 Å². The highest BCUT2D eigenvalue weighted by molar-refractivity contribution is 5.94. The van der Waals surface area contributed by atoms with E-state index in [2.05, 4.69) is 32.2 Å². The van der Waals surface area contributed by atoms with E-state index >= 15 is 0 Å². The number of nitrogens with one attached hydrogen (secondary N) is 4. The molecular formula is C20H29N5O3. The molecule has 1 aromatic carbocycles. The third kappa shape index (κ3) is 10.1. The lowest BCUT2D eigenvalue weighted by atomic mass is 10.2. The lowest BCUT2D eigenvalue weighted by Crippen LogP contribution is -2.42. The lowest BCUT2D eigenvalue weighted by molar-refractivity contribution is -0.114. The molecule has 0 atom stereocenters. The summed E-state index contributed by atoms with van der Waals surface area (Å²) >= 11 is 0. The number of amides is 2. The normalized spacial score (nSPS) is 11.2. The van der Waals surface area contributed by atoms with Crippen LogP contribution in [0, 0.1) is 12.3 Å². The topological polar surface area (TPSA) is 104 Å². The third-order valence-corrected chi connectivity index (χ3v) is 3.12. The maximum atomic E-state index is 12.1. The highest BCUT2D eigenvalue weighted by Gasteiger charge is 2.15. The summed E-state index contributed by atoms with van der Waals surface area (Å²) in [6.07, 6.45) is 4.87. The van der Waals surface area contributed by atoms with Gasteiger partial charge in [-0.25, -0.2) is 9.79 Å². The monoisotopic (exact) mass is 387 g/mol. The van der Waals surface area contributed by atoms with Crippen molar-refractivity contribution in [3.05, 3.63) is 29.8 Å². The van der Waals surface area contributed by atoms with Gasteiger partial charge in [0.1, 0.15) is 12.1 Å². The minimum Gasteiger partial charge on any atom is -0.444 e. The second-order valence-electron chi connectivity index (χ2n) is 6.82. The van der Waals surface area contributed by atoms with Gasteiger partial charge in [-0.2, -0.15) is 0 Å². The number of carbonyl (C=O) groups is 2. The SMILES string of the molecule is C#Cc1cccc(NC(=O)CN=C(NCC)NCCNC(=O)OC(C)(C)C)c1. The van der Waals surface area contributed by atoms with Crippen LogP contribution in [0.2, 0.25) is 0 Å². The summed E-state index contributed by atoms with van der Waals surface area (Å²) in [6.45, 7) is 8.67. The smallest absolute Gasteiger partial charge is 0.407 e. The number of alkyl carbamates (subject to hydrolysis) is 1. The highest BCUT2D eigenvalue weighted by Crippen LogP contribution is 2.09. The molecule has 0 bridgehead atoms. The quantitative estimate of drug-likeness (QED) is 0.247. The number of terminal acetylenes is 1. The number of benzene rings is 1. The molecule has 0 aromatic heterocycles. The molecule has 0 saturated heterocycles. The van der Waals surface area contributed by atoms with Gasteiger partial charge < -0.3 is 26.0 Å². The van der Waals surface area contributed by atoms with Crippen LogP contribution in [0.25, 0.3) is 0 Å². The molecule has 8 nitrogen and oxygen atoms in total. The van der Waals surface area contributed by atoms with Crippen LogP contribution in [-0.4, -0.2) is 49.7 Å². The number of aliphatic imine (C=N–C) groups is 1. The lowest BCUT2D eigenvalue weighted by Gasteiger charge is -2.19. The molecule has 0 spiro atoms. The Hall–Kier alpha value is -3.21. The number of rotatable bonds is 7. The Kier molecular flexibility index (Phi) is 9.37. The van der Waals surface area contributed by atoms with Crippen molar-refractivity contribution in [2.24, 2.45) is 4.99 Å². The summed E-state index contributed by atoms with van der Waals surface area (Å²) in [5.41, 5.74) is 0.769. The zero-order valence-electron chi connectivity index (χ0n) is 16.9. The van der Waals surface area contributed by atoms with E-state index in [4.69, 9.17) is 11.2 Å². The largest absolute Gasteiger partial charge is 0.444 e. The molecule has 0 fully saturated rings. The van der Waals surface area contributed by atoms with Crippen molar-refractivity contribution in [3.63, 3.8) is 0 Å². The minimum absolute atomic E-state index is 0.0604. The van der Waals surface area contributed by atoms with E-state index < -0.39 is 11.7 Å². The van der Waals surface area contributed by atoms with Crippen molar-refractivity contribution in [1.82, 2.24) is 16.0 Å². The summed E-state index contributed by atoms with van der Waals surface area (Å²) in [5, 5.41) is 11.5. The molecule has 0 aliphatic heterocycles. The van der Waals surface area contributed by atoms with Crippen LogP contribution in [-0.2, 0) is 9.53 Å². The van der Waals surface area contributed by atoms with Crippen molar-refractivity contribution in [1.29, 1.82) is 0 Å². The van der Waals surface area contributed by atoms with Crippen molar-refractivity contribution in [2.45, 2.75) is 33.3 Å². The molecular weight excluding hydrogens is 358 g/mol. The summed E-state index contributed by atoms with van der Waals surface area (Å²) in [6, 6.07) is 7.03. The fourth-order valence-corrected chi connectivity index (χ4v) is 2.04. The van der Waals surface area contributed by atoms with Gasteiger partial charge in [0, 0.05) is 30.9 Å². The molecule has 0 aliphatic rings. The Labute approximate surface area is 166 Å². The van der Waals surface area contributed by atoms with Gasteiger partial charge in [-0.05, 0) is 45.9 Å². The van der Waals surface area contributed by atoms with Gasteiger partial charge in [0.05, 0.1) is 0 Å². The van der Waals surface area contributed by atoms with Gasteiger partial charge in [-0.15, -0.1) is 6.42 Å². The van der Waals surface area contributed by atoms with Crippen molar-refractivity contribution in [2.75, 3.05) is 31.5 Å². The molecule has 28 heavy (non-hydrogen) atoms. The molecule has 4 N–H and O–H groups in total. The molecule has 0 heterocycles. The number of hydrogen-bond acceptors (Lipinski definition) is 4. The predicted octanol–water partition coefficient (Wildman–Crippen LogP) is 1.69. The number of ether oxygens (including phenoxy) is 1. The Balaban J connectivity index is 2.45. The van der Waals surface area contributed by atoms with Crippen LogP contribution in [0.4, 0.5) is 10.5 Å². The van der Waals surface area contributed by atoms with Gasteiger partial charge >= 0.3 is 6.09 Å². The average Bonchev–Trinajstić information content (AvgIpc) is 2.61. The van der Waals surface area contributed by atoms with Crippen molar-refractivity contribution < 1.29 is 14.3 Å². The molecule has 1 aromatic rings. The van der Waals surface area contributed by atoms with E-state index in [1.807, 2.05) is 6.92 Å². The molecule has 0 saturated carbocycles. The maximum absolute atomic E-state index is 12.1. The van der Waals surface area contributed by atoms with Gasteiger partial charge in [-0.1, -0.05) is 12.0 Å². The first-order valence-electron chi connectivity index (χ1n) is 9.09. The zero-order valence-corrected chi connectivity index (χ0v) is 16.9. The van der Waals surface area contributed by atoms with Gasteiger partial charge in [0.15, 0.2) is 5.96 Å². The van der Waals surface area contributed by atoms with Gasteiger partial charge in [0.25, 0.3) is 0 Å². The summed E-state index contributed by atoms with van der Waals surface area (Å²) in [5.74, 6) is 2.73. The van der Waals surface area contributed by atoms with Crippen LogP contribution in [0.5, 0.6) is 0 Å². The molecule has 1 rings (SSSR count). The third-order valence-electron chi connectivity index (χ3n) is 3.12. The van der Waals surface area contributed by atoms with E-state index in [9.17, 15) is 9.59 Å². The van der Waals surface area contributed by atoms with E-state index in [-0.39, 0.29) is 12.5 Å². The predicted molar refractivity (Wildman–Crippen MR) is 111 cm³/mol. The van der Waals surface area contributed by atoms with Gasteiger partial charge in [0.2, 0.25) is 5.91 Å². The first-order chi connectivity index (χ1) is 13.2. The molecule has 0 aliphatic carbocycles. The molecule has 8 heteroatoms. The summed E-state index contributed by atoms with van der Waals surface area (Å²) < 4.78 is 5.16. The van der Waals surface area contributed by atoms with Gasteiger partial charge in [-0.3, -0.25) is 4.79 Å². The van der Waals surface area contributed by atoms with E-state index in [0.717, 1.165) is 0 Å². The zero-order chi connectivity index (χ0) is 21.0. The number of guanidine groups is 1. The highest BCUT2D eigenvalue weighted by atomic mass is 16.6.